The van der Waals surface area contributed by atoms with Crippen molar-refractivity contribution in [2.75, 3.05) is 5.32 Å². The molecule has 0 saturated heterocycles. The number of hydrogen-bond acceptors (Lipinski definition) is 4. The van der Waals surface area contributed by atoms with Gasteiger partial charge in [0.05, 0.1) is 17.6 Å². The molecule has 0 aliphatic rings. The second-order valence-corrected chi connectivity index (χ2v) is 5.50. The van der Waals surface area contributed by atoms with Gasteiger partial charge in [-0.1, -0.05) is 37.3 Å². The fourth-order valence-corrected chi connectivity index (χ4v) is 2.53. The van der Waals surface area contributed by atoms with Crippen molar-refractivity contribution in [3.63, 3.8) is 0 Å². The normalized spacial score (nSPS) is 12.3. The summed E-state index contributed by atoms with van der Waals surface area (Å²) in [7, 11) is 0. The molecule has 0 aliphatic heterocycles. The second-order valence-electron chi connectivity index (χ2n) is 5.50. The largest absolute Gasteiger partial charge is 0.438 e. The highest BCUT2D eigenvalue weighted by atomic mass is 16.4. The van der Waals surface area contributed by atoms with E-state index in [1.54, 1.807) is 0 Å². The first-order chi connectivity index (χ1) is 11.2. The zero-order chi connectivity index (χ0) is 16.2. The molecule has 0 saturated carbocycles. The van der Waals surface area contributed by atoms with Crippen LogP contribution in [-0.2, 0) is 13.0 Å². The molecule has 0 amide bonds. The molecule has 1 atom stereocenters. The van der Waals surface area contributed by atoms with E-state index in [0.29, 0.717) is 5.89 Å². The number of aryl methyl sites for hydroxylation is 2. The first-order valence-corrected chi connectivity index (χ1v) is 8.05. The van der Waals surface area contributed by atoms with E-state index in [1.807, 2.05) is 54.3 Å². The van der Waals surface area contributed by atoms with E-state index < -0.39 is 0 Å². The average Bonchev–Trinajstić information content (AvgIpc) is 3.22. The standard InChI is InChI=1S/C18H22N4O/c1-4-16-17(14-9-7-6-8-10-14)23-18(21-16)13(3)20-15-11-19-22(5-2)12-15/h6-13,20H,4-5H2,1-3H3/t13-/m1/s1. The topological polar surface area (TPSA) is 55.9 Å². The summed E-state index contributed by atoms with van der Waals surface area (Å²) in [4.78, 5) is 4.67. The van der Waals surface area contributed by atoms with Crippen molar-refractivity contribution in [2.45, 2.75) is 39.8 Å². The Hall–Kier alpha value is -2.56. The molecule has 5 heteroatoms. The Morgan fingerprint density at radius 3 is 2.65 bits per heavy atom. The molecular formula is C18H22N4O. The van der Waals surface area contributed by atoms with E-state index in [2.05, 4.69) is 29.2 Å². The Labute approximate surface area is 136 Å². The minimum Gasteiger partial charge on any atom is -0.438 e. The van der Waals surface area contributed by atoms with Crippen molar-refractivity contribution >= 4 is 5.69 Å². The molecule has 120 valence electrons. The van der Waals surface area contributed by atoms with Gasteiger partial charge in [-0.25, -0.2) is 4.98 Å². The molecule has 2 heterocycles. The third-order valence-electron chi connectivity index (χ3n) is 3.80. The molecular weight excluding hydrogens is 288 g/mol. The van der Waals surface area contributed by atoms with Crippen molar-refractivity contribution in [2.24, 2.45) is 0 Å². The summed E-state index contributed by atoms with van der Waals surface area (Å²) in [6.45, 7) is 7.06. The van der Waals surface area contributed by atoms with Gasteiger partial charge < -0.3 is 9.73 Å². The molecule has 3 rings (SSSR count). The molecule has 0 fully saturated rings. The highest BCUT2D eigenvalue weighted by Gasteiger charge is 2.18. The van der Waals surface area contributed by atoms with Crippen LogP contribution in [0.3, 0.4) is 0 Å². The monoisotopic (exact) mass is 310 g/mol. The molecule has 1 aromatic carbocycles. The molecule has 2 aromatic heterocycles. The second kappa shape index (κ2) is 6.69. The molecule has 1 N–H and O–H groups in total. The van der Waals surface area contributed by atoms with Crippen LogP contribution < -0.4 is 5.32 Å². The van der Waals surface area contributed by atoms with Crippen LogP contribution in [0.5, 0.6) is 0 Å². The summed E-state index contributed by atoms with van der Waals surface area (Å²) < 4.78 is 7.94. The van der Waals surface area contributed by atoms with Crippen LogP contribution in [0.4, 0.5) is 5.69 Å². The molecule has 5 nitrogen and oxygen atoms in total. The molecule has 0 aliphatic carbocycles. The van der Waals surface area contributed by atoms with Gasteiger partial charge in [0.2, 0.25) is 5.89 Å². The van der Waals surface area contributed by atoms with Gasteiger partial charge in [0, 0.05) is 18.3 Å². The van der Waals surface area contributed by atoms with Crippen molar-refractivity contribution in [3.05, 3.63) is 54.3 Å². The Morgan fingerprint density at radius 2 is 2.00 bits per heavy atom. The van der Waals surface area contributed by atoms with Crippen LogP contribution >= 0.6 is 0 Å². The van der Waals surface area contributed by atoms with Crippen LogP contribution in [-0.4, -0.2) is 14.8 Å². The first-order valence-electron chi connectivity index (χ1n) is 8.05. The highest BCUT2D eigenvalue weighted by molar-refractivity contribution is 5.59. The lowest BCUT2D eigenvalue weighted by molar-refractivity contribution is 0.485. The number of anilines is 1. The average molecular weight is 310 g/mol. The minimum atomic E-state index is -0.0210. The number of nitrogens with zero attached hydrogens (tertiary/aromatic N) is 3. The zero-order valence-corrected chi connectivity index (χ0v) is 13.8. The smallest absolute Gasteiger partial charge is 0.217 e. The van der Waals surface area contributed by atoms with Crippen LogP contribution in [0, 0.1) is 0 Å². The Bertz CT molecular complexity index is 760. The van der Waals surface area contributed by atoms with Crippen molar-refractivity contribution in [1.29, 1.82) is 0 Å². The number of nitrogens with one attached hydrogen (secondary N) is 1. The van der Waals surface area contributed by atoms with Crippen LogP contribution in [0.15, 0.2) is 47.1 Å². The Morgan fingerprint density at radius 1 is 1.22 bits per heavy atom. The maximum absolute atomic E-state index is 6.06. The van der Waals surface area contributed by atoms with Crippen LogP contribution in [0.1, 0.15) is 38.4 Å². The molecule has 0 radical (unpaired) electrons. The van der Waals surface area contributed by atoms with Gasteiger partial charge in [-0.3, -0.25) is 4.68 Å². The van der Waals surface area contributed by atoms with Crippen molar-refractivity contribution < 1.29 is 4.42 Å². The Balaban J connectivity index is 1.83. The van der Waals surface area contributed by atoms with E-state index in [0.717, 1.165) is 35.7 Å². The predicted octanol–water partition coefficient (Wildman–Crippen LogP) is 4.29. The number of hydrogen-bond donors (Lipinski definition) is 1. The fourth-order valence-electron chi connectivity index (χ4n) is 2.53. The van der Waals surface area contributed by atoms with Gasteiger partial charge in [-0.15, -0.1) is 0 Å². The van der Waals surface area contributed by atoms with Gasteiger partial charge in [0.1, 0.15) is 6.04 Å². The van der Waals surface area contributed by atoms with E-state index in [1.165, 1.54) is 0 Å². The van der Waals surface area contributed by atoms with E-state index in [-0.39, 0.29) is 6.04 Å². The van der Waals surface area contributed by atoms with Crippen LogP contribution in [0.25, 0.3) is 11.3 Å². The maximum Gasteiger partial charge on any atom is 0.217 e. The lowest BCUT2D eigenvalue weighted by Gasteiger charge is -2.09. The minimum absolute atomic E-state index is 0.0210. The van der Waals surface area contributed by atoms with E-state index >= 15 is 0 Å². The van der Waals surface area contributed by atoms with Gasteiger partial charge in [0.15, 0.2) is 5.76 Å². The van der Waals surface area contributed by atoms with Gasteiger partial charge in [-0.2, -0.15) is 5.10 Å². The highest BCUT2D eigenvalue weighted by Crippen LogP contribution is 2.28. The SMILES string of the molecule is CCc1nc([C@@H](C)Nc2cnn(CC)c2)oc1-c1ccccc1. The summed E-state index contributed by atoms with van der Waals surface area (Å²) in [5.74, 6) is 1.56. The third kappa shape index (κ3) is 3.28. The molecule has 23 heavy (non-hydrogen) atoms. The summed E-state index contributed by atoms with van der Waals surface area (Å²) >= 11 is 0. The number of benzene rings is 1. The molecule has 0 unspecified atom stereocenters. The maximum atomic E-state index is 6.06. The summed E-state index contributed by atoms with van der Waals surface area (Å²) in [5.41, 5.74) is 3.02. The number of rotatable bonds is 6. The summed E-state index contributed by atoms with van der Waals surface area (Å²) in [5, 5.41) is 7.66. The number of aromatic nitrogens is 3. The molecule has 3 aromatic rings. The predicted molar refractivity (Wildman–Crippen MR) is 91.3 cm³/mol. The fraction of sp³-hybridized carbons (Fsp3) is 0.333. The van der Waals surface area contributed by atoms with E-state index in [9.17, 15) is 0 Å². The van der Waals surface area contributed by atoms with Crippen molar-refractivity contribution in [3.8, 4) is 11.3 Å². The first kappa shape index (κ1) is 15.3. The van der Waals surface area contributed by atoms with Gasteiger partial charge >= 0.3 is 0 Å². The number of oxazole rings is 1. The molecule has 0 spiro atoms. The lowest BCUT2D eigenvalue weighted by Crippen LogP contribution is -2.06. The molecule has 0 bridgehead atoms. The van der Waals surface area contributed by atoms with E-state index in [4.69, 9.17) is 4.42 Å². The lowest BCUT2D eigenvalue weighted by atomic mass is 10.1. The van der Waals surface area contributed by atoms with Crippen LogP contribution in [0.2, 0.25) is 0 Å². The quantitative estimate of drug-likeness (QED) is 0.737. The Kier molecular flexibility index (Phi) is 4.46. The van der Waals surface area contributed by atoms with Gasteiger partial charge in [0.25, 0.3) is 0 Å². The summed E-state index contributed by atoms with van der Waals surface area (Å²) in [6, 6.07) is 10.1. The van der Waals surface area contributed by atoms with Crippen molar-refractivity contribution in [1.82, 2.24) is 14.8 Å². The zero-order valence-electron chi connectivity index (χ0n) is 13.8. The third-order valence-corrected chi connectivity index (χ3v) is 3.80. The summed E-state index contributed by atoms with van der Waals surface area (Å²) in [6.07, 6.45) is 4.65. The van der Waals surface area contributed by atoms with Gasteiger partial charge in [-0.05, 0) is 20.3 Å².